The average molecular weight is 382 g/mol. The van der Waals surface area contributed by atoms with Crippen LogP contribution in [0.5, 0.6) is 0 Å². The molecule has 0 saturated carbocycles. The number of aryl methyl sites for hydroxylation is 1. The van der Waals surface area contributed by atoms with E-state index in [1.807, 2.05) is 44.2 Å². The summed E-state index contributed by atoms with van der Waals surface area (Å²) in [6, 6.07) is 14.3. The van der Waals surface area contributed by atoms with Crippen LogP contribution in [0.2, 0.25) is 5.02 Å². The SMILES string of the molecule is CCc1c(C)nc2nc(-c3ccccc3)nn2c1Nc1ccc(F)c(Cl)c1. The van der Waals surface area contributed by atoms with E-state index in [-0.39, 0.29) is 5.02 Å². The number of rotatable bonds is 4. The summed E-state index contributed by atoms with van der Waals surface area (Å²) >= 11 is 5.93. The zero-order valence-electron chi connectivity index (χ0n) is 14.9. The molecular formula is C20H17ClFN5. The van der Waals surface area contributed by atoms with Crippen molar-refractivity contribution < 1.29 is 4.39 Å². The summed E-state index contributed by atoms with van der Waals surface area (Å²) in [5.74, 6) is 1.38. The third-order valence-corrected chi connectivity index (χ3v) is 4.65. The smallest absolute Gasteiger partial charge is 0.254 e. The summed E-state index contributed by atoms with van der Waals surface area (Å²) in [7, 11) is 0. The quantitative estimate of drug-likeness (QED) is 0.528. The number of hydrogen-bond donors (Lipinski definition) is 1. The van der Waals surface area contributed by atoms with Gasteiger partial charge in [0, 0.05) is 22.5 Å². The van der Waals surface area contributed by atoms with Crippen LogP contribution in [0.3, 0.4) is 0 Å². The second-order valence-electron chi connectivity index (χ2n) is 6.15. The third kappa shape index (κ3) is 3.24. The highest BCUT2D eigenvalue weighted by Crippen LogP contribution is 2.28. The van der Waals surface area contributed by atoms with Gasteiger partial charge in [0.25, 0.3) is 5.78 Å². The molecule has 0 aliphatic carbocycles. The van der Waals surface area contributed by atoms with Crippen LogP contribution in [-0.4, -0.2) is 19.6 Å². The van der Waals surface area contributed by atoms with Crippen LogP contribution in [0.25, 0.3) is 17.2 Å². The Kier molecular flexibility index (Phi) is 4.49. The van der Waals surface area contributed by atoms with Gasteiger partial charge in [0.2, 0.25) is 0 Å². The van der Waals surface area contributed by atoms with Crippen LogP contribution in [0, 0.1) is 12.7 Å². The van der Waals surface area contributed by atoms with E-state index in [4.69, 9.17) is 11.6 Å². The maximum absolute atomic E-state index is 13.5. The first kappa shape index (κ1) is 17.4. The fourth-order valence-electron chi connectivity index (χ4n) is 3.01. The zero-order valence-corrected chi connectivity index (χ0v) is 15.6. The van der Waals surface area contributed by atoms with E-state index >= 15 is 0 Å². The molecule has 0 radical (unpaired) electrons. The maximum Gasteiger partial charge on any atom is 0.254 e. The molecule has 2 aromatic carbocycles. The molecule has 1 N–H and O–H groups in total. The summed E-state index contributed by atoms with van der Waals surface area (Å²) in [4.78, 5) is 9.16. The Morgan fingerprint density at radius 1 is 1.11 bits per heavy atom. The molecule has 0 bridgehead atoms. The maximum atomic E-state index is 13.5. The molecule has 0 unspecified atom stereocenters. The highest BCUT2D eigenvalue weighted by Gasteiger charge is 2.16. The first-order chi connectivity index (χ1) is 13.1. The van der Waals surface area contributed by atoms with Gasteiger partial charge in [0.05, 0.1) is 5.02 Å². The van der Waals surface area contributed by atoms with Crippen molar-refractivity contribution in [3.63, 3.8) is 0 Å². The molecule has 0 aliphatic heterocycles. The predicted octanol–water partition coefficient (Wildman–Crippen LogP) is 5.20. The van der Waals surface area contributed by atoms with Crippen LogP contribution < -0.4 is 5.32 Å². The van der Waals surface area contributed by atoms with Crippen LogP contribution >= 0.6 is 11.6 Å². The van der Waals surface area contributed by atoms with Crippen molar-refractivity contribution in [3.8, 4) is 11.4 Å². The van der Waals surface area contributed by atoms with Gasteiger partial charge in [-0.15, -0.1) is 5.10 Å². The van der Waals surface area contributed by atoms with E-state index in [2.05, 4.69) is 20.4 Å². The van der Waals surface area contributed by atoms with Crippen LogP contribution in [0.1, 0.15) is 18.2 Å². The molecule has 7 heteroatoms. The summed E-state index contributed by atoms with van der Waals surface area (Å²) in [5.41, 5.74) is 3.45. The molecule has 2 aromatic heterocycles. The summed E-state index contributed by atoms with van der Waals surface area (Å²) in [6.07, 6.45) is 0.757. The Morgan fingerprint density at radius 3 is 2.59 bits per heavy atom. The van der Waals surface area contributed by atoms with Crippen molar-refractivity contribution in [3.05, 3.63) is 70.6 Å². The van der Waals surface area contributed by atoms with Crippen molar-refractivity contribution in [2.75, 3.05) is 5.32 Å². The van der Waals surface area contributed by atoms with Gasteiger partial charge in [-0.05, 0) is 31.5 Å². The fraction of sp³-hybridized carbons (Fsp3) is 0.150. The van der Waals surface area contributed by atoms with E-state index in [1.165, 1.54) is 6.07 Å². The lowest BCUT2D eigenvalue weighted by Crippen LogP contribution is -2.08. The third-order valence-electron chi connectivity index (χ3n) is 4.36. The van der Waals surface area contributed by atoms with Crippen molar-refractivity contribution in [2.24, 2.45) is 0 Å². The first-order valence-electron chi connectivity index (χ1n) is 8.60. The van der Waals surface area contributed by atoms with Crippen molar-refractivity contribution in [2.45, 2.75) is 20.3 Å². The Bertz CT molecular complexity index is 1120. The van der Waals surface area contributed by atoms with Gasteiger partial charge in [-0.25, -0.2) is 9.37 Å². The van der Waals surface area contributed by atoms with Crippen molar-refractivity contribution >= 4 is 28.9 Å². The topological polar surface area (TPSA) is 55.1 Å². The summed E-state index contributed by atoms with van der Waals surface area (Å²) in [6.45, 7) is 3.99. The molecule has 27 heavy (non-hydrogen) atoms. The Hall–Kier alpha value is -2.99. The van der Waals surface area contributed by atoms with Gasteiger partial charge >= 0.3 is 0 Å². The van der Waals surface area contributed by atoms with Gasteiger partial charge in [0.1, 0.15) is 11.6 Å². The molecule has 2 heterocycles. The van der Waals surface area contributed by atoms with Gasteiger partial charge in [-0.1, -0.05) is 48.9 Å². The Morgan fingerprint density at radius 2 is 1.89 bits per heavy atom. The molecule has 0 fully saturated rings. The Balaban J connectivity index is 1.88. The predicted molar refractivity (Wildman–Crippen MR) is 105 cm³/mol. The van der Waals surface area contributed by atoms with E-state index in [1.54, 1.807) is 16.6 Å². The average Bonchev–Trinajstić information content (AvgIpc) is 3.09. The largest absolute Gasteiger partial charge is 0.340 e. The van der Waals surface area contributed by atoms with Crippen LogP contribution in [0.15, 0.2) is 48.5 Å². The molecule has 4 rings (SSSR count). The number of aromatic nitrogens is 4. The van der Waals surface area contributed by atoms with Gasteiger partial charge < -0.3 is 5.32 Å². The first-order valence-corrected chi connectivity index (χ1v) is 8.98. The number of nitrogens with zero attached hydrogens (tertiary/aromatic N) is 4. The molecule has 0 amide bonds. The number of benzene rings is 2. The number of hydrogen-bond acceptors (Lipinski definition) is 4. The molecule has 136 valence electrons. The lowest BCUT2D eigenvalue weighted by Gasteiger charge is -2.14. The molecule has 0 atom stereocenters. The van der Waals surface area contributed by atoms with Gasteiger partial charge in [0.15, 0.2) is 5.82 Å². The van der Waals surface area contributed by atoms with E-state index in [9.17, 15) is 4.39 Å². The highest BCUT2D eigenvalue weighted by molar-refractivity contribution is 6.31. The standard InChI is InChI=1S/C20H17ClFN5/c1-3-15-12(2)23-20-25-18(13-7-5-4-6-8-13)26-27(20)19(15)24-14-9-10-17(22)16(21)11-14/h4-11,24H,3H2,1-2H3. The second-order valence-corrected chi connectivity index (χ2v) is 6.55. The zero-order chi connectivity index (χ0) is 19.0. The fourth-order valence-corrected chi connectivity index (χ4v) is 3.20. The monoisotopic (exact) mass is 381 g/mol. The van der Waals surface area contributed by atoms with E-state index in [0.717, 1.165) is 29.1 Å². The lowest BCUT2D eigenvalue weighted by molar-refractivity contribution is 0.628. The van der Waals surface area contributed by atoms with E-state index in [0.29, 0.717) is 17.3 Å². The normalized spacial score (nSPS) is 11.1. The minimum atomic E-state index is -0.457. The molecule has 0 spiro atoms. The van der Waals surface area contributed by atoms with Gasteiger partial charge in [-0.3, -0.25) is 0 Å². The second kappa shape index (κ2) is 6.96. The summed E-state index contributed by atoms with van der Waals surface area (Å²) in [5, 5.41) is 8.01. The van der Waals surface area contributed by atoms with Crippen molar-refractivity contribution in [1.82, 2.24) is 19.6 Å². The molecule has 0 saturated heterocycles. The van der Waals surface area contributed by atoms with Crippen LogP contribution in [0.4, 0.5) is 15.9 Å². The lowest BCUT2D eigenvalue weighted by atomic mass is 10.1. The number of fused-ring (bicyclic) bond motifs is 1. The number of anilines is 2. The van der Waals surface area contributed by atoms with Crippen LogP contribution in [-0.2, 0) is 6.42 Å². The number of halogens is 2. The van der Waals surface area contributed by atoms with Crippen molar-refractivity contribution in [1.29, 1.82) is 0 Å². The van der Waals surface area contributed by atoms with Gasteiger partial charge in [-0.2, -0.15) is 9.50 Å². The minimum Gasteiger partial charge on any atom is -0.340 e. The molecule has 4 aromatic rings. The molecule has 5 nitrogen and oxygen atoms in total. The molecular weight excluding hydrogens is 365 g/mol. The molecule has 0 aliphatic rings. The Labute approximate surface area is 160 Å². The van der Waals surface area contributed by atoms with E-state index < -0.39 is 5.82 Å². The highest BCUT2D eigenvalue weighted by atomic mass is 35.5. The minimum absolute atomic E-state index is 0.0589. The summed E-state index contributed by atoms with van der Waals surface area (Å²) < 4.78 is 15.2. The number of nitrogens with one attached hydrogen (secondary N) is 1.